The fraction of sp³-hybridized carbons (Fsp3) is 0. The highest BCUT2D eigenvalue weighted by Crippen LogP contribution is 2.24. The van der Waals surface area contributed by atoms with Crippen LogP contribution < -0.4 is 0 Å². The Morgan fingerprint density at radius 2 is 2.13 bits per heavy atom. The minimum absolute atomic E-state index is 0.649. The van der Waals surface area contributed by atoms with Crippen molar-refractivity contribution in [2.24, 2.45) is 0 Å². The van der Waals surface area contributed by atoms with E-state index in [2.05, 4.69) is 9.97 Å². The number of pyridine rings is 1. The van der Waals surface area contributed by atoms with Crippen LogP contribution in [-0.2, 0) is 0 Å². The first kappa shape index (κ1) is 8.17. The number of aromatic amines is 1. The predicted molar refractivity (Wildman–Crippen MR) is 59.0 cm³/mol. The van der Waals surface area contributed by atoms with E-state index in [4.69, 9.17) is 0 Å². The number of carbonyl (C=O) groups excluding carboxylic acids is 1. The van der Waals surface area contributed by atoms with Gasteiger partial charge in [0.05, 0.1) is 5.52 Å². The molecular weight excluding hydrogens is 188 g/mol. The number of carbonyl (C=O) groups is 1. The molecule has 0 spiro atoms. The summed E-state index contributed by atoms with van der Waals surface area (Å²) in [4.78, 5) is 18.2. The fourth-order valence-corrected chi connectivity index (χ4v) is 1.85. The summed E-state index contributed by atoms with van der Waals surface area (Å²) in [5.74, 6) is 0. The molecule has 3 aromatic rings. The summed E-state index contributed by atoms with van der Waals surface area (Å²) in [6.07, 6.45) is 4.33. The van der Waals surface area contributed by atoms with Crippen molar-refractivity contribution in [2.45, 2.75) is 0 Å². The van der Waals surface area contributed by atoms with E-state index in [-0.39, 0.29) is 0 Å². The molecule has 0 atom stereocenters. The van der Waals surface area contributed by atoms with E-state index < -0.39 is 0 Å². The second-order valence-corrected chi connectivity index (χ2v) is 3.42. The topological polar surface area (TPSA) is 45.8 Å². The third-order valence-corrected chi connectivity index (χ3v) is 2.59. The minimum atomic E-state index is 0.649. The SMILES string of the molecule is O=Cc1cnc2c1ccc1[nH]cccc12. The molecule has 3 nitrogen and oxygen atoms in total. The molecule has 0 saturated heterocycles. The van der Waals surface area contributed by atoms with E-state index in [1.165, 1.54) is 0 Å². The van der Waals surface area contributed by atoms with Crippen LogP contribution in [0.5, 0.6) is 0 Å². The number of rotatable bonds is 1. The van der Waals surface area contributed by atoms with Crippen molar-refractivity contribution in [1.29, 1.82) is 0 Å². The van der Waals surface area contributed by atoms with Crippen molar-refractivity contribution in [2.75, 3.05) is 0 Å². The fourth-order valence-electron chi connectivity index (χ4n) is 1.85. The molecule has 0 fully saturated rings. The molecular formula is C12H8N2O. The monoisotopic (exact) mass is 196 g/mol. The predicted octanol–water partition coefficient (Wildman–Crippen LogP) is 2.53. The number of aldehydes is 1. The summed E-state index contributed by atoms with van der Waals surface area (Å²) in [5, 5.41) is 1.96. The van der Waals surface area contributed by atoms with E-state index in [1.54, 1.807) is 6.20 Å². The Morgan fingerprint density at radius 3 is 3.00 bits per heavy atom. The van der Waals surface area contributed by atoms with Crippen molar-refractivity contribution >= 4 is 28.1 Å². The van der Waals surface area contributed by atoms with E-state index in [1.807, 2.05) is 30.5 Å². The van der Waals surface area contributed by atoms with E-state index in [0.29, 0.717) is 5.56 Å². The van der Waals surface area contributed by atoms with Crippen LogP contribution in [0.3, 0.4) is 0 Å². The van der Waals surface area contributed by atoms with Crippen LogP contribution in [0.25, 0.3) is 21.8 Å². The lowest BCUT2D eigenvalue weighted by atomic mass is 10.1. The van der Waals surface area contributed by atoms with Crippen LogP contribution in [0.15, 0.2) is 36.7 Å². The molecule has 2 aromatic heterocycles. The number of hydrogen-bond acceptors (Lipinski definition) is 2. The lowest BCUT2D eigenvalue weighted by Gasteiger charge is -1.98. The van der Waals surface area contributed by atoms with E-state index in [9.17, 15) is 4.79 Å². The summed E-state index contributed by atoms with van der Waals surface area (Å²) < 4.78 is 0. The van der Waals surface area contributed by atoms with Gasteiger partial charge in [0.25, 0.3) is 0 Å². The molecule has 0 aliphatic heterocycles. The Kier molecular flexibility index (Phi) is 1.59. The molecule has 0 unspecified atom stereocenters. The maximum absolute atomic E-state index is 10.8. The van der Waals surface area contributed by atoms with Gasteiger partial charge in [-0.2, -0.15) is 0 Å². The average Bonchev–Trinajstić information content (AvgIpc) is 2.72. The number of fused-ring (bicyclic) bond motifs is 3. The molecule has 3 rings (SSSR count). The normalized spacial score (nSPS) is 10.9. The van der Waals surface area contributed by atoms with Crippen molar-refractivity contribution in [3.8, 4) is 0 Å². The zero-order valence-corrected chi connectivity index (χ0v) is 7.90. The number of H-pyrrole nitrogens is 1. The summed E-state index contributed by atoms with van der Waals surface area (Å²) >= 11 is 0. The second kappa shape index (κ2) is 2.92. The van der Waals surface area contributed by atoms with Gasteiger partial charge in [0.2, 0.25) is 0 Å². The Morgan fingerprint density at radius 1 is 1.20 bits per heavy atom. The van der Waals surface area contributed by atoms with Gasteiger partial charge >= 0.3 is 0 Å². The Bertz CT molecular complexity index is 655. The van der Waals surface area contributed by atoms with Gasteiger partial charge in [-0.15, -0.1) is 0 Å². The molecule has 0 aliphatic rings. The standard InChI is InChI=1S/C12H8N2O/c15-7-8-6-14-12-9(8)3-4-11-10(12)2-1-5-13-11/h1-7,13H. The van der Waals surface area contributed by atoms with Crippen molar-refractivity contribution < 1.29 is 4.79 Å². The Labute approximate surface area is 85.8 Å². The van der Waals surface area contributed by atoms with E-state index in [0.717, 1.165) is 28.1 Å². The molecule has 0 amide bonds. The lowest BCUT2D eigenvalue weighted by molar-refractivity contribution is 0.112. The van der Waals surface area contributed by atoms with Crippen LogP contribution in [0.4, 0.5) is 0 Å². The summed E-state index contributed by atoms with van der Waals surface area (Å²) in [6, 6.07) is 7.81. The van der Waals surface area contributed by atoms with Crippen molar-refractivity contribution in [1.82, 2.24) is 9.97 Å². The van der Waals surface area contributed by atoms with Gasteiger partial charge < -0.3 is 4.98 Å². The van der Waals surface area contributed by atoms with Gasteiger partial charge in [-0.1, -0.05) is 0 Å². The summed E-state index contributed by atoms with van der Waals surface area (Å²) in [7, 11) is 0. The molecule has 0 aliphatic carbocycles. The maximum atomic E-state index is 10.8. The number of hydrogen-bond donors (Lipinski definition) is 1. The van der Waals surface area contributed by atoms with Gasteiger partial charge in [-0.05, 0) is 24.3 Å². The van der Waals surface area contributed by atoms with Gasteiger partial charge in [0, 0.05) is 34.2 Å². The molecule has 1 N–H and O–H groups in total. The maximum Gasteiger partial charge on any atom is 0.152 e. The average molecular weight is 196 g/mol. The third-order valence-electron chi connectivity index (χ3n) is 2.59. The van der Waals surface area contributed by atoms with Gasteiger partial charge in [0.15, 0.2) is 6.29 Å². The molecule has 2 heterocycles. The first-order valence-corrected chi connectivity index (χ1v) is 4.70. The summed E-state index contributed by atoms with van der Waals surface area (Å²) in [5.41, 5.74) is 2.56. The van der Waals surface area contributed by atoms with Crippen LogP contribution in [0, 0.1) is 0 Å². The summed E-state index contributed by atoms with van der Waals surface area (Å²) in [6.45, 7) is 0. The van der Waals surface area contributed by atoms with Crippen LogP contribution >= 0.6 is 0 Å². The molecule has 0 saturated carbocycles. The number of aromatic nitrogens is 2. The first-order valence-electron chi connectivity index (χ1n) is 4.70. The van der Waals surface area contributed by atoms with Crippen molar-refractivity contribution in [3.05, 3.63) is 42.2 Å². The minimum Gasteiger partial charge on any atom is -0.361 e. The Hall–Kier alpha value is -2.16. The number of nitrogens with zero attached hydrogens (tertiary/aromatic N) is 1. The Balaban J connectivity index is 2.55. The van der Waals surface area contributed by atoms with Crippen LogP contribution in [0.2, 0.25) is 0 Å². The highest BCUT2D eigenvalue weighted by Gasteiger charge is 2.06. The molecule has 0 bridgehead atoms. The largest absolute Gasteiger partial charge is 0.361 e. The van der Waals surface area contributed by atoms with Crippen molar-refractivity contribution in [3.63, 3.8) is 0 Å². The third kappa shape index (κ3) is 1.06. The molecule has 72 valence electrons. The highest BCUT2D eigenvalue weighted by atomic mass is 16.1. The molecule has 15 heavy (non-hydrogen) atoms. The van der Waals surface area contributed by atoms with Crippen LogP contribution in [-0.4, -0.2) is 16.3 Å². The number of nitrogens with one attached hydrogen (secondary N) is 1. The number of benzene rings is 1. The first-order chi connectivity index (χ1) is 7.40. The van der Waals surface area contributed by atoms with E-state index >= 15 is 0 Å². The van der Waals surface area contributed by atoms with Gasteiger partial charge in [-0.3, -0.25) is 9.78 Å². The zero-order valence-electron chi connectivity index (χ0n) is 7.90. The van der Waals surface area contributed by atoms with Gasteiger partial charge in [-0.25, -0.2) is 0 Å². The zero-order chi connectivity index (χ0) is 10.3. The van der Waals surface area contributed by atoms with Gasteiger partial charge in [0.1, 0.15) is 0 Å². The molecule has 0 radical (unpaired) electrons. The molecule has 1 aromatic carbocycles. The quantitative estimate of drug-likeness (QED) is 0.608. The lowest BCUT2D eigenvalue weighted by Crippen LogP contribution is -1.79. The second-order valence-electron chi connectivity index (χ2n) is 3.42. The smallest absolute Gasteiger partial charge is 0.152 e. The molecule has 3 heteroatoms. The highest BCUT2D eigenvalue weighted by molar-refractivity contribution is 6.09. The van der Waals surface area contributed by atoms with Crippen LogP contribution in [0.1, 0.15) is 10.4 Å².